The molecule has 1 aliphatic carbocycles. The minimum Gasteiger partial charge on any atom is -0.393 e. The number of rotatable bonds is 3. The van der Waals surface area contributed by atoms with Gasteiger partial charge >= 0.3 is 0 Å². The molecule has 1 aromatic rings. The molecule has 0 radical (unpaired) electrons. The lowest BCUT2D eigenvalue weighted by Crippen LogP contribution is -2.43. The summed E-state index contributed by atoms with van der Waals surface area (Å²) in [5.74, 6) is -0.273. The maximum Gasteiger partial charge on any atom is 0.123 e. The Balaban J connectivity index is 1.90. The van der Waals surface area contributed by atoms with Gasteiger partial charge in [0.1, 0.15) is 5.82 Å². The van der Waals surface area contributed by atoms with Gasteiger partial charge in [0.2, 0.25) is 0 Å². The van der Waals surface area contributed by atoms with Gasteiger partial charge in [-0.3, -0.25) is 0 Å². The SMILES string of the molecule is OC1CC(NCc2cc(F)ccc2Cl)C1. The first-order valence-electron chi connectivity index (χ1n) is 5.00. The fraction of sp³-hybridized carbons (Fsp3) is 0.455. The van der Waals surface area contributed by atoms with Gasteiger partial charge in [-0.05, 0) is 36.6 Å². The van der Waals surface area contributed by atoms with Crippen molar-refractivity contribution >= 4 is 11.6 Å². The van der Waals surface area contributed by atoms with E-state index in [-0.39, 0.29) is 11.9 Å². The number of hydrogen-bond donors (Lipinski definition) is 2. The van der Waals surface area contributed by atoms with Gasteiger partial charge in [-0.25, -0.2) is 4.39 Å². The lowest BCUT2D eigenvalue weighted by molar-refractivity contribution is 0.0619. The summed E-state index contributed by atoms with van der Waals surface area (Å²) in [6.45, 7) is 0.550. The van der Waals surface area contributed by atoms with Gasteiger partial charge in [0, 0.05) is 17.6 Å². The highest BCUT2D eigenvalue weighted by molar-refractivity contribution is 6.31. The Morgan fingerprint density at radius 2 is 2.20 bits per heavy atom. The van der Waals surface area contributed by atoms with E-state index in [9.17, 15) is 4.39 Å². The number of aliphatic hydroxyl groups excluding tert-OH is 1. The second-order valence-corrected chi connectivity index (χ2v) is 4.35. The summed E-state index contributed by atoms with van der Waals surface area (Å²) in [6.07, 6.45) is 1.37. The number of aliphatic hydroxyl groups is 1. The first-order valence-corrected chi connectivity index (χ1v) is 5.38. The van der Waals surface area contributed by atoms with Crippen LogP contribution >= 0.6 is 11.6 Å². The summed E-state index contributed by atoms with van der Waals surface area (Å²) in [5, 5.41) is 12.9. The molecule has 0 spiro atoms. The molecule has 2 rings (SSSR count). The summed E-state index contributed by atoms with van der Waals surface area (Å²) in [4.78, 5) is 0. The number of halogens is 2. The number of hydrogen-bond acceptors (Lipinski definition) is 2. The van der Waals surface area contributed by atoms with Gasteiger partial charge in [0.05, 0.1) is 6.10 Å². The molecule has 0 saturated heterocycles. The molecule has 0 amide bonds. The Kier molecular flexibility index (Phi) is 3.24. The van der Waals surface area contributed by atoms with Crippen LogP contribution in [0.3, 0.4) is 0 Å². The Morgan fingerprint density at radius 3 is 2.87 bits per heavy atom. The third-order valence-corrected chi connectivity index (χ3v) is 3.07. The van der Waals surface area contributed by atoms with Crippen LogP contribution in [0.5, 0.6) is 0 Å². The van der Waals surface area contributed by atoms with Crippen molar-refractivity contribution in [3.05, 3.63) is 34.6 Å². The van der Waals surface area contributed by atoms with Crippen molar-refractivity contribution in [3.63, 3.8) is 0 Å². The summed E-state index contributed by atoms with van der Waals surface area (Å²) in [6, 6.07) is 4.67. The van der Waals surface area contributed by atoms with Crippen LogP contribution in [-0.4, -0.2) is 17.3 Å². The van der Waals surface area contributed by atoms with Crippen LogP contribution in [0.2, 0.25) is 5.02 Å². The average Bonchev–Trinajstić information content (AvgIpc) is 2.16. The van der Waals surface area contributed by atoms with Gasteiger partial charge in [-0.1, -0.05) is 11.6 Å². The van der Waals surface area contributed by atoms with Crippen LogP contribution in [0.4, 0.5) is 4.39 Å². The Hall–Kier alpha value is -0.640. The van der Waals surface area contributed by atoms with Crippen molar-refractivity contribution in [2.24, 2.45) is 0 Å². The summed E-state index contributed by atoms with van der Waals surface area (Å²) < 4.78 is 12.9. The van der Waals surface area contributed by atoms with Gasteiger partial charge < -0.3 is 10.4 Å². The molecule has 4 heteroatoms. The van der Waals surface area contributed by atoms with Crippen molar-refractivity contribution in [1.29, 1.82) is 0 Å². The van der Waals surface area contributed by atoms with Crippen LogP contribution in [-0.2, 0) is 6.54 Å². The van der Waals surface area contributed by atoms with Gasteiger partial charge in [0.15, 0.2) is 0 Å². The van der Waals surface area contributed by atoms with Crippen molar-refractivity contribution in [2.45, 2.75) is 31.5 Å². The van der Waals surface area contributed by atoms with Gasteiger partial charge in [0.25, 0.3) is 0 Å². The van der Waals surface area contributed by atoms with Crippen molar-refractivity contribution < 1.29 is 9.50 Å². The van der Waals surface area contributed by atoms with E-state index in [2.05, 4.69) is 5.32 Å². The molecule has 1 aromatic carbocycles. The van der Waals surface area contributed by atoms with Crippen molar-refractivity contribution in [3.8, 4) is 0 Å². The first kappa shape index (κ1) is 10.9. The molecule has 2 N–H and O–H groups in total. The molecule has 0 atom stereocenters. The first-order chi connectivity index (χ1) is 7.15. The van der Waals surface area contributed by atoms with Crippen molar-refractivity contribution in [1.82, 2.24) is 5.32 Å². The Bertz CT molecular complexity index is 352. The number of benzene rings is 1. The highest BCUT2D eigenvalue weighted by atomic mass is 35.5. The Morgan fingerprint density at radius 1 is 1.47 bits per heavy atom. The molecule has 0 aliphatic heterocycles. The van der Waals surface area contributed by atoms with Crippen LogP contribution in [0.25, 0.3) is 0 Å². The molecule has 1 fully saturated rings. The molecule has 0 aromatic heterocycles. The van der Waals surface area contributed by atoms with E-state index in [1.807, 2.05) is 0 Å². The largest absolute Gasteiger partial charge is 0.393 e. The van der Waals surface area contributed by atoms with Crippen molar-refractivity contribution in [2.75, 3.05) is 0 Å². The van der Waals surface area contributed by atoms with Gasteiger partial charge in [-0.2, -0.15) is 0 Å². The van der Waals surface area contributed by atoms with E-state index >= 15 is 0 Å². The highest BCUT2D eigenvalue weighted by Crippen LogP contribution is 2.21. The van der Waals surface area contributed by atoms with Crippen LogP contribution in [0, 0.1) is 5.82 Å². The molecule has 15 heavy (non-hydrogen) atoms. The van der Waals surface area contributed by atoms with Crippen LogP contribution in [0.1, 0.15) is 18.4 Å². The van der Waals surface area contributed by atoms with E-state index in [1.165, 1.54) is 12.1 Å². The van der Waals surface area contributed by atoms with E-state index in [0.717, 1.165) is 18.4 Å². The minimum atomic E-state index is -0.273. The zero-order valence-corrected chi connectivity index (χ0v) is 8.97. The zero-order chi connectivity index (χ0) is 10.8. The van der Waals surface area contributed by atoms with E-state index in [0.29, 0.717) is 17.6 Å². The lowest BCUT2D eigenvalue weighted by atomic mass is 9.89. The van der Waals surface area contributed by atoms with Gasteiger partial charge in [-0.15, -0.1) is 0 Å². The van der Waals surface area contributed by atoms with E-state index in [4.69, 9.17) is 16.7 Å². The topological polar surface area (TPSA) is 32.3 Å². The number of nitrogens with one attached hydrogen (secondary N) is 1. The monoisotopic (exact) mass is 229 g/mol. The fourth-order valence-electron chi connectivity index (χ4n) is 1.69. The standard InChI is InChI=1S/C11H13ClFNO/c12-11-2-1-8(13)3-7(11)6-14-9-4-10(15)5-9/h1-3,9-10,14-15H,4-6H2. The molecular weight excluding hydrogens is 217 g/mol. The summed E-state index contributed by atoms with van der Waals surface area (Å²) in [7, 11) is 0. The molecule has 1 aliphatic rings. The molecule has 2 nitrogen and oxygen atoms in total. The normalized spacial score (nSPS) is 25.0. The third-order valence-electron chi connectivity index (χ3n) is 2.70. The second-order valence-electron chi connectivity index (χ2n) is 3.94. The predicted octanol–water partition coefficient (Wildman–Crippen LogP) is 2.09. The minimum absolute atomic E-state index is 0.175. The molecule has 0 bridgehead atoms. The summed E-state index contributed by atoms with van der Waals surface area (Å²) >= 11 is 5.91. The lowest BCUT2D eigenvalue weighted by Gasteiger charge is -2.32. The molecule has 1 saturated carbocycles. The Labute approximate surface area is 93.1 Å². The molecule has 0 unspecified atom stereocenters. The second kappa shape index (κ2) is 4.47. The molecule has 0 heterocycles. The van der Waals surface area contributed by atoms with E-state index < -0.39 is 0 Å². The maximum atomic E-state index is 12.9. The van der Waals surface area contributed by atoms with Crippen LogP contribution < -0.4 is 5.32 Å². The molecule has 82 valence electrons. The predicted molar refractivity (Wildman–Crippen MR) is 57.3 cm³/mol. The average molecular weight is 230 g/mol. The highest BCUT2D eigenvalue weighted by Gasteiger charge is 2.26. The molecular formula is C11H13ClFNO. The maximum absolute atomic E-state index is 12.9. The smallest absolute Gasteiger partial charge is 0.123 e. The zero-order valence-electron chi connectivity index (χ0n) is 8.21. The third kappa shape index (κ3) is 2.68. The fourth-order valence-corrected chi connectivity index (χ4v) is 1.87. The van der Waals surface area contributed by atoms with E-state index in [1.54, 1.807) is 6.07 Å². The van der Waals surface area contributed by atoms with Crippen LogP contribution in [0.15, 0.2) is 18.2 Å². The quantitative estimate of drug-likeness (QED) is 0.832. The summed E-state index contributed by atoms with van der Waals surface area (Å²) in [5.41, 5.74) is 0.762.